The van der Waals surface area contributed by atoms with Crippen LogP contribution < -0.4 is 5.73 Å². The molecule has 0 saturated carbocycles. The lowest BCUT2D eigenvalue weighted by Crippen LogP contribution is -2.59. The van der Waals surface area contributed by atoms with E-state index in [2.05, 4.69) is 32.6 Å². The molecule has 0 bridgehead atoms. The lowest BCUT2D eigenvalue weighted by Gasteiger charge is -2.46. The van der Waals surface area contributed by atoms with Gasteiger partial charge in [0.2, 0.25) is 0 Å². The molecule has 1 atom stereocenters. The molecular weight excluding hydrogens is 272 g/mol. The number of likely N-dealkylation sites (N-methyl/N-ethyl adjacent to an activating group) is 1. The molecule has 122 valence electrons. The van der Waals surface area contributed by atoms with Crippen molar-refractivity contribution in [1.82, 2.24) is 4.90 Å². The van der Waals surface area contributed by atoms with Crippen LogP contribution in [0.25, 0.3) is 0 Å². The lowest BCUT2D eigenvalue weighted by atomic mass is 9.81. The fourth-order valence-electron chi connectivity index (χ4n) is 3.25. The Balaban J connectivity index is 4.77. The quantitative estimate of drug-likeness (QED) is 0.637. The van der Waals surface area contributed by atoms with E-state index in [9.17, 15) is 8.42 Å². The van der Waals surface area contributed by atoms with Gasteiger partial charge in [-0.15, -0.1) is 0 Å². The van der Waals surface area contributed by atoms with Crippen molar-refractivity contribution in [3.63, 3.8) is 0 Å². The minimum Gasteiger partial charge on any atom is -0.326 e. The topological polar surface area (TPSA) is 63.4 Å². The molecule has 20 heavy (non-hydrogen) atoms. The molecule has 0 aliphatic heterocycles. The van der Waals surface area contributed by atoms with Gasteiger partial charge in [0, 0.05) is 17.3 Å². The zero-order valence-electron chi connectivity index (χ0n) is 14.0. The molecule has 5 heteroatoms. The summed E-state index contributed by atoms with van der Waals surface area (Å²) in [5, 5.41) is 0. The van der Waals surface area contributed by atoms with Crippen LogP contribution in [0.3, 0.4) is 0 Å². The van der Waals surface area contributed by atoms with Gasteiger partial charge in [0.15, 0.2) is 0 Å². The van der Waals surface area contributed by atoms with Gasteiger partial charge >= 0.3 is 0 Å². The molecule has 0 amide bonds. The number of hydrogen-bond donors (Lipinski definition) is 1. The first-order valence-corrected chi connectivity index (χ1v) is 9.86. The molecule has 0 aliphatic carbocycles. The number of rotatable bonds is 11. The maximum absolute atomic E-state index is 11.6. The van der Waals surface area contributed by atoms with E-state index in [1.54, 1.807) is 6.92 Å². The first-order valence-electron chi connectivity index (χ1n) is 8.04. The molecule has 0 heterocycles. The summed E-state index contributed by atoms with van der Waals surface area (Å²) in [5.74, 6) is 0.490. The fourth-order valence-corrected chi connectivity index (χ4v) is 4.14. The number of sulfone groups is 1. The van der Waals surface area contributed by atoms with Crippen molar-refractivity contribution in [2.75, 3.05) is 24.6 Å². The van der Waals surface area contributed by atoms with E-state index in [4.69, 9.17) is 5.73 Å². The highest BCUT2D eigenvalue weighted by Crippen LogP contribution is 2.29. The average molecular weight is 307 g/mol. The van der Waals surface area contributed by atoms with E-state index in [-0.39, 0.29) is 23.1 Å². The highest BCUT2D eigenvalue weighted by molar-refractivity contribution is 7.91. The summed E-state index contributed by atoms with van der Waals surface area (Å²) < 4.78 is 23.1. The van der Waals surface area contributed by atoms with Gasteiger partial charge in [0.05, 0.1) is 5.75 Å². The third-order valence-electron chi connectivity index (χ3n) is 4.72. The average Bonchev–Trinajstić information content (AvgIpc) is 2.44. The van der Waals surface area contributed by atoms with Gasteiger partial charge in [-0.1, -0.05) is 34.6 Å². The van der Waals surface area contributed by atoms with Crippen LogP contribution in [0.2, 0.25) is 0 Å². The Hall–Kier alpha value is -0.130. The lowest BCUT2D eigenvalue weighted by molar-refractivity contribution is 0.0598. The van der Waals surface area contributed by atoms with Crippen molar-refractivity contribution in [2.45, 2.75) is 71.9 Å². The van der Waals surface area contributed by atoms with Gasteiger partial charge < -0.3 is 5.73 Å². The molecule has 0 rings (SSSR count). The predicted molar refractivity (Wildman–Crippen MR) is 87.8 cm³/mol. The van der Waals surface area contributed by atoms with Gasteiger partial charge in [-0.05, 0) is 38.8 Å². The van der Waals surface area contributed by atoms with E-state index in [0.717, 1.165) is 32.4 Å². The van der Waals surface area contributed by atoms with Crippen LogP contribution in [0.4, 0.5) is 0 Å². The van der Waals surface area contributed by atoms with Gasteiger partial charge in [0.25, 0.3) is 0 Å². The molecule has 4 nitrogen and oxygen atoms in total. The summed E-state index contributed by atoms with van der Waals surface area (Å²) in [6.45, 7) is 12.4. The fraction of sp³-hybridized carbons (Fsp3) is 1.00. The number of nitrogens with two attached hydrogens (primary N) is 1. The number of nitrogens with zero attached hydrogens (tertiary/aromatic N) is 1. The zero-order chi connectivity index (χ0) is 15.8. The smallest absolute Gasteiger partial charge is 0.150 e. The first-order chi connectivity index (χ1) is 9.33. The van der Waals surface area contributed by atoms with Gasteiger partial charge in [-0.25, -0.2) is 8.42 Å². The summed E-state index contributed by atoms with van der Waals surface area (Å²) in [6, 6.07) is 0.0319. The van der Waals surface area contributed by atoms with E-state index in [1.165, 1.54) is 0 Å². The van der Waals surface area contributed by atoms with Crippen molar-refractivity contribution in [3.05, 3.63) is 0 Å². The normalized spacial score (nSPS) is 14.8. The zero-order valence-corrected chi connectivity index (χ0v) is 14.8. The monoisotopic (exact) mass is 306 g/mol. The Morgan fingerprint density at radius 2 is 1.55 bits per heavy atom. The van der Waals surface area contributed by atoms with Gasteiger partial charge in [-0.2, -0.15) is 0 Å². The third-order valence-corrected chi connectivity index (χ3v) is 6.51. The molecule has 0 fully saturated rings. The summed E-state index contributed by atoms with van der Waals surface area (Å²) >= 11 is 0. The SMILES string of the molecule is CCN(CC)C(CC)(CC)C(N)CCCS(=O)(=O)CC. The Morgan fingerprint density at radius 1 is 1.05 bits per heavy atom. The minimum absolute atomic E-state index is 0.000519. The second-order valence-corrected chi connectivity index (χ2v) is 7.94. The summed E-state index contributed by atoms with van der Waals surface area (Å²) in [7, 11) is -2.87. The van der Waals surface area contributed by atoms with Crippen molar-refractivity contribution < 1.29 is 8.42 Å². The predicted octanol–water partition coefficient (Wildman–Crippen LogP) is 2.43. The molecule has 0 spiro atoms. The van der Waals surface area contributed by atoms with E-state index < -0.39 is 9.84 Å². The van der Waals surface area contributed by atoms with Gasteiger partial charge in [-0.3, -0.25) is 4.90 Å². The van der Waals surface area contributed by atoms with Crippen LogP contribution >= 0.6 is 0 Å². The van der Waals surface area contributed by atoms with Crippen LogP contribution in [0, 0.1) is 0 Å². The third kappa shape index (κ3) is 5.01. The Labute approximate surface area is 126 Å². The second-order valence-electron chi connectivity index (χ2n) is 5.47. The molecule has 0 aromatic heterocycles. The Kier molecular flexibility index (Phi) is 8.95. The molecule has 0 aromatic carbocycles. The highest BCUT2D eigenvalue weighted by atomic mass is 32.2. The van der Waals surface area contributed by atoms with E-state index in [1.807, 2.05) is 0 Å². The molecule has 0 aliphatic rings. The van der Waals surface area contributed by atoms with Crippen molar-refractivity contribution in [1.29, 1.82) is 0 Å². The van der Waals surface area contributed by atoms with Crippen LogP contribution in [-0.4, -0.2) is 49.5 Å². The van der Waals surface area contributed by atoms with Crippen LogP contribution in [0.15, 0.2) is 0 Å². The maximum Gasteiger partial charge on any atom is 0.150 e. The second kappa shape index (κ2) is 9.00. The Morgan fingerprint density at radius 3 is 1.90 bits per heavy atom. The van der Waals surface area contributed by atoms with Crippen LogP contribution in [-0.2, 0) is 9.84 Å². The first kappa shape index (κ1) is 19.9. The standard InChI is InChI=1S/C15H34N2O2S/c1-6-15(7-2,17(8-3)9-4)14(16)12-11-13-20(18,19)10-5/h14H,6-13,16H2,1-5H3. The van der Waals surface area contributed by atoms with Crippen molar-refractivity contribution in [2.24, 2.45) is 5.73 Å². The molecular formula is C15H34N2O2S. The summed E-state index contributed by atoms with van der Waals surface area (Å²) in [5.41, 5.74) is 6.46. The summed E-state index contributed by atoms with van der Waals surface area (Å²) in [4.78, 5) is 2.44. The molecule has 1 unspecified atom stereocenters. The van der Waals surface area contributed by atoms with Gasteiger partial charge in [0.1, 0.15) is 9.84 Å². The van der Waals surface area contributed by atoms with Crippen LogP contribution in [0.5, 0.6) is 0 Å². The molecule has 0 radical (unpaired) electrons. The minimum atomic E-state index is -2.87. The maximum atomic E-state index is 11.6. The van der Waals surface area contributed by atoms with Crippen molar-refractivity contribution >= 4 is 9.84 Å². The van der Waals surface area contributed by atoms with E-state index in [0.29, 0.717) is 6.42 Å². The van der Waals surface area contributed by atoms with E-state index >= 15 is 0 Å². The largest absolute Gasteiger partial charge is 0.326 e. The Bertz CT molecular complexity index is 347. The number of hydrogen-bond acceptors (Lipinski definition) is 4. The molecule has 0 aromatic rings. The highest BCUT2D eigenvalue weighted by Gasteiger charge is 2.37. The molecule has 0 saturated heterocycles. The molecule has 2 N–H and O–H groups in total. The van der Waals surface area contributed by atoms with Crippen LogP contribution in [0.1, 0.15) is 60.3 Å². The summed E-state index contributed by atoms with van der Waals surface area (Å²) in [6.07, 6.45) is 3.46. The van der Waals surface area contributed by atoms with Crippen molar-refractivity contribution in [3.8, 4) is 0 Å².